The second kappa shape index (κ2) is 12.5. The Labute approximate surface area is 150 Å². The van der Waals surface area contributed by atoms with Crippen molar-refractivity contribution in [2.24, 2.45) is 0 Å². The van der Waals surface area contributed by atoms with E-state index in [-0.39, 0.29) is 11.5 Å². The lowest BCUT2D eigenvalue weighted by Gasteiger charge is -2.08. The molecule has 1 aromatic heterocycles. The molecule has 0 spiro atoms. The standard InChI is InChI=1S/C19H33N3O3/c1-3-4-5-6-7-8-9-10-11-12-17(23)20-13-14-22-15-16(2)18(24)21-19(22)25/h15H,3-14H2,1-2H3,(H,20,23)(H,21,24,25). The number of rotatable bonds is 13. The highest BCUT2D eigenvalue weighted by atomic mass is 16.2. The molecule has 0 radical (unpaired) electrons. The first-order valence-corrected chi connectivity index (χ1v) is 9.61. The van der Waals surface area contributed by atoms with Crippen molar-refractivity contribution in [1.29, 1.82) is 0 Å². The third-order valence-electron chi connectivity index (χ3n) is 4.37. The molecule has 1 aromatic rings. The number of carbonyl (C=O) groups is 1. The Morgan fingerprint density at radius 1 is 1.04 bits per heavy atom. The molecular formula is C19H33N3O3. The molecule has 0 saturated heterocycles. The number of amides is 1. The van der Waals surface area contributed by atoms with Gasteiger partial charge in [-0.3, -0.25) is 19.1 Å². The summed E-state index contributed by atoms with van der Waals surface area (Å²) in [5.74, 6) is 0.0251. The number of aryl methyl sites for hydroxylation is 1. The molecule has 25 heavy (non-hydrogen) atoms. The van der Waals surface area contributed by atoms with Gasteiger partial charge in [-0.05, 0) is 13.3 Å². The first-order valence-electron chi connectivity index (χ1n) is 9.61. The van der Waals surface area contributed by atoms with Crippen molar-refractivity contribution in [3.63, 3.8) is 0 Å². The van der Waals surface area contributed by atoms with Crippen LogP contribution in [0.1, 0.15) is 76.7 Å². The number of aromatic nitrogens is 2. The van der Waals surface area contributed by atoms with Gasteiger partial charge in [-0.1, -0.05) is 58.3 Å². The fourth-order valence-electron chi connectivity index (χ4n) is 2.78. The Morgan fingerprint density at radius 3 is 2.28 bits per heavy atom. The molecule has 2 N–H and O–H groups in total. The minimum absolute atomic E-state index is 0.0251. The van der Waals surface area contributed by atoms with Crippen LogP contribution in [-0.2, 0) is 11.3 Å². The fourth-order valence-corrected chi connectivity index (χ4v) is 2.78. The monoisotopic (exact) mass is 351 g/mol. The molecule has 0 aliphatic heterocycles. The molecule has 0 atom stereocenters. The van der Waals surface area contributed by atoms with Gasteiger partial charge in [0.1, 0.15) is 0 Å². The summed E-state index contributed by atoms with van der Waals surface area (Å²) in [5.41, 5.74) is -0.319. The normalized spacial score (nSPS) is 10.8. The Kier molecular flexibility index (Phi) is 10.6. The summed E-state index contributed by atoms with van der Waals surface area (Å²) in [4.78, 5) is 37.0. The lowest BCUT2D eigenvalue weighted by Crippen LogP contribution is -2.35. The smallest absolute Gasteiger partial charge is 0.328 e. The molecule has 0 aromatic carbocycles. The van der Waals surface area contributed by atoms with E-state index >= 15 is 0 Å². The van der Waals surface area contributed by atoms with E-state index < -0.39 is 5.69 Å². The number of hydrogen-bond acceptors (Lipinski definition) is 3. The fraction of sp³-hybridized carbons (Fsp3) is 0.737. The summed E-state index contributed by atoms with van der Waals surface area (Å²) >= 11 is 0. The SMILES string of the molecule is CCCCCCCCCCCC(=O)NCCn1cc(C)c(=O)[nH]c1=O. The van der Waals surface area contributed by atoms with Gasteiger partial charge in [-0.25, -0.2) is 4.79 Å². The maximum absolute atomic E-state index is 11.8. The Hall–Kier alpha value is -1.85. The van der Waals surface area contributed by atoms with Gasteiger partial charge < -0.3 is 5.32 Å². The van der Waals surface area contributed by atoms with Crippen LogP contribution in [-0.4, -0.2) is 22.0 Å². The molecule has 1 rings (SSSR count). The van der Waals surface area contributed by atoms with Crippen LogP contribution in [0.5, 0.6) is 0 Å². The zero-order valence-corrected chi connectivity index (χ0v) is 15.7. The van der Waals surface area contributed by atoms with E-state index in [1.807, 2.05) is 0 Å². The number of nitrogens with zero attached hydrogens (tertiary/aromatic N) is 1. The maximum atomic E-state index is 11.8. The molecule has 0 saturated carbocycles. The van der Waals surface area contributed by atoms with E-state index in [9.17, 15) is 14.4 Å². The lowest BCUT2D eigenvalue weighted by atomic mass is 10.1. The topological polar surface area (TPSA) is 84.0 Å². The van der Waals surface area contributed by atoms with Crippen molar-refractivity contribution < 1.29 is 4.79 Å². The second-order valence-corrected chi connectivity index (χ2v) is 6.69. The van der Waals surface area contributed by atoms with Gasteiger partial charge >= 0.3 is 5.69 Å². The van der Waals surface area contributed by atoms with Crippen LogP contribution in [0, 0.1) is 6.92 Å². The Balaban J connectivity index is 2.07. The van der Waals surface area contributed by atoms with E-state index in [0.29, 0.717) is 25.1 Å². The van der Waals surface area contributed by atoms with Gasteiger partial charge in [0.05, 0.1) is 0 Å². The van der Waals surface area contributed by atoms with E-state index in [4.69, 9.17) is 0 Å². The molecular weight excluding hydrogens is 318 g/mol. The quantitative estimate of drug-likeness (QED) is 0.536. The predicted octanol–water partition coefficient (Wildman–Crippen LogP) is 2.88. The largest absolute Gasteiger partial charge is 0.354 e. The van der Waals surface area contributed by atoms with Crippen LogP contribution >= 0.6 is 0 Å². The number of nitrogens with one attached hydrogen (secondary N) is 2. The van der Waals surface area contributed by atoms with Crippen LogP contribution in [0.25, 0.3) is 0 Å². The second-order valence-electron chi connectivity index (χ2n) is 6.69. The molecule has 0 fully saturated rings. The highest BCUT2D eigenvalue weighted by Crippen LogP contribution is 2.10. The van der Waals surface area contributed by atoms with Crippen molar-refractivity contribution in [1.82, 2.24) is 14.9 Å². The highest BCUT2D eigenvalue weighted by molar-refractivity contribution is 5.75. The predicted molar refractivity (Wildman–Crippen MR) is 101 cm³/mol. The van der Waals surface area contributed by atoms with Gasteiger partial charge in [-0.15, -0.1) is 0 Å². The molecule has 6 nitrogen and oxygen atoms in total. The van der Waals surface area contributed by atoms with Crippen molar-refractivity contribution in [3.05, 3.63) is 32.6 Å². The zero-order valence-electron chi connectivity index (χ0n) is 15.7. The average molecular weight is 351 g/mol. The van der Waals surface area contributed by atoms with Crippen LogP contribution in [0.15, 0.2) is 15.8 Å². The summed E-state index contributed by atoms with van der Waals surface area (Å²) in [7, 11) is 0. The lowest BCUT2D eigenvalue weighted by molar-refractivity contribution is -0.121. The number of aromatic amines is 1. The van der Waals surface area contributed by atoms with Crippen LogP contribution in [0.4, 0.5) is 0 Å². The van der Waals surface area contributed by atoms with Gasteiger partial charge in [-0.2, -0.15) is 0 Å². The van der Waals surface area contributed by atoms with Crippen LogP contribution in [0.3, 0.4) is 0 Å². The van der Waals surface area contributed by atoms with E-state index in [1.165, 1.54) is 55.7 Å². The summed E-state index contributed by atoms with van der Waals surface area (Å²) in [6.07, 6.45) is 13.1. The summed E-state index contributed by atoms with van der Waals surface area (Å²) in [6, 6.07) is 0. The first-order chi connectivity index (χ1) is 12.0. The number of hydrogen-bond donors (Lipinski definition) is 2. The Morgan fingerprint density at radius 2 is 1.64 bits per heavy atom. The third kappa shape index (κ3) is 9.27. The molecule has 0 aliphatic rings. The van der Waals surface area contributed by atoms with E-state index in [1.54, 1.807) is 6.92 Å². The van der Waals surface area contributed by atoms with Gasteiger partial charge in [0, 0.05) is 31.3 Å². The summed E-state index contributed by atoms with van der Waals surface area (Å²) in [6.45, 7) is 4.63. The zero-order chi connectivity index (χ0) is 18.5. The van der Waals surface area contributed by atoms with Crippen molar-refractivity contribution >= 4 is 5.91 Å². The van der Waals surface area contributed by atoms with Crippen molar-refractivity contribution in [2.75, 3.05) is 6.54 Å². The van der Waals surface area contributed by atoms with Crippen molar-refractivity contribution in [2.45, 2.75) is 84.6 Å². The van der Waals surface area contributed by atoms with E-state index in [0.717, 1.165) is 12.8 Å². The molecule has 1 amide bonds. The molecule has 6 heteroatoms. The van der Waals surface area contributed by atoms with Crippen LogP contribution in [0.2, 0.25) is 0 Å². The van der Waals surface area contributed by atoms with Gasteiger partial charge in [0.15, 0.2) is 0 Å². The number of unbranched alkanes of at least 4 members (excludes halogenated alkanes) is 8. The molecule has 0 bridgehead atoms. The molecule has 0 aliphatic carbocycles. The van der Waals surface area contributed by atoms with Gasteiger partial charge in [0.2, 0.25) is 5.91 Å². The minimum atomic E-state index is -0.441. The summed E-state index contributed by atoms with van der Waals surface area (Å²) < 4.78 is 1.41. The number of H-pyrrole nitrogens is 1. The third-order valence-corrected chi connectivity index (χ3v) is 4.37. The molecule has 0 unspecified atom stereocenters. The minimum Gasteiger partial charge on any atom is -0.354 e. The summed E-state index contributed by atoms with van der Waals surface area (Å²) in [5, 5.41) is 2.83. The van der Waals surface area contributed by atoms with Crippen LogP contribution < -0.4 is 16.6 Å². The average Bonchev–Trinajstić information content (AvgIpc) is 2.58. The van der Waals surface area contributed by atoms with E-state index in [2.05, 4.69) is 17.2 Å². The first kappa shape index (κ1) is 21.2. The molecule has 1 heterocycles. The highest BCUT2D eigenvalue weighted by Gasteiger charge is 2.03. The van der Waals surface area contributed by atoms with Crippen molar-refractivity contribution in [3.8, 4) is 0 Å². The molecule has 142 valence electrons. The number of carbonyl (C=O) groups excluding carboxylic acids is 1. The Bertz CT molecular complexity index is 619. The van der Waals surface area contributed by atoms with Gasteiger partial charge in [0.25, 0.3) is 5.56 Å². The maximum Gasteiger partial charge on any atom is 0.328 e.